The summed E-state index contributed by atoms with van der Waals surface area (Å²) in [6, 6.07) is 12.4. The van der Waals surface area contributed by atoms with Crippen LogP contribution in [0.1, 0.15) is 30.9 Å². The van der Waals surface area contributed by atoms with E-state index in [0.29, 0.717) is 16.8 Å². The summed E-state index contributed by atoms with van der Waals surface area (Å²) < 4.78 is 16.7. The molecule has 0 fully saturated rings. The molecular weight excluding hydrogens is 397 g/mol. The number of rotatable bonds is 1. The lowest BCUT2D eigenvalue weighted by Crippen LogP contribution is -2.31. The highest BCUT2D eigenvalue weighted by Gasteiger charge is 2.37. The normalized spacial score (nSPS) is 19.3. The molecule has 3 aromatic rings. The minimum absolute atomic E-state index is 0.114. The number of ketones is 1. The van der Waals surface area contributed by atoms with Crippen molar-refractivity contribution in [3.8, 4) is 0 Å². The van der Waals surface area contributed by atoms with Gasteiger partial charge in [0.2, 0.25) is 5.95 Å². The summed E-state index contributed by atoms with van der Waals surface area (Å²) in [5.41, 5.74) is 4.13. The number of para-hydroxylation sites is 2. The van der Waals surface area contributed by atoms with Gasteiger partial charge in [-0.3, -0.25) is 9.36 Å². The van der Waals surface area contributed by atoms with Crippen LogP contribution >= 0.6 is 15.9 Å². The van der Waals surface area contributed by atoms with E-state index in [1.807, 2.05) is 34.9 Å². The van der Waals surface area contributed by atoms with Crippen molar-refractivity contribution in [2.75, 3.05) is 5.32 Å². The van der Waals surface area contributed by atoms with Gasteiger partial charge in [-0.25, -0.2) is 9.37 Å². The Labute approximate surface area is 157 Å². The maximum atomic E-state index is 14.3. The number of fused-ring (bicyclic) bond motifs is 3. The molecule has 1 N–H and O–H groups in total. The molecule has 0 radical (unpaired) electrons. The van der Waals surface area contributed by atoms with E-state index in [1.165, 1.54) is 6.07 Å². The van der Waals surface area contributed by atoms with Crippen LogP contribution in [0.15, 0.2) is 58.2 Å². The molecule has 0 amide bonds. The standard InChI is InChI=1S/C20H15BrFN3O/c21-18-11(5-3-6-12(18)22)19-17-14(8-4-10-16(17)26)24-20-23-13-7-1-2-9-15(13)25(19)20/h1-3,5-7,9,19H,4,8,10H2,(H,23,24)/t19-/m0/s1. The third kappa shape index (κ3) is 2.18. The van der Waals surface area contributed by atoms with Gasteiger partial charge >= 0.3 is 0 Å². The number of aromatic nitrogens is 2. The second-order valence-corrected chi connectivity index (χ2v) is 7.43. The van der Waals surface area contributed by atoms with E-state index in [0.717, 1.165) is 40.7 Å². The highest BCUT2D eigenvalue weighted by molar-refractivity contribution is 9.10. The first-order chi connectivity index (χ1) is 12.6. The molecule has 0 unspecified atom stereocenters. The molecule has 1 aliphatic carbocycles. The molecule has 6 heteroatoms. The fourth-order valence-electron chi connectivity index (χ4n) is 4.00. The van der Waals surface area contributed by atoms with Gasteiger partial charge in [-0.2, -0.15) is 0 Å². The highest BCUT2D eigenvalue weighted by Crippen LogP contribution is 2.44. The van der Waals surface area contributed by atoms with Crippen LogP contribution in [0.2, 0.25) is 0 Å². The zero-order valence-corrected chi connectivity index (χ0v) is 15.4. The number of halogens is 2. The predicted octanol–water partition coefficient (Wildman–Crippen LogP) is 4.96. The monoisotopic (exact) mass is 411 g/mol. The van der Waals surface area contributed by atoms with Crippen molar-refractivity contribution in [1.82, 2.24) is 9.55 Å². The van der Waals surface area contributed by atoms with Crippen molar-refractivity contribution >= 4 is 38.7 Å². The molecule has 2 aromatic carbocycles. The van der Waals surface area contributed by atoms with Gasteiger partial charge in [-0.15, -0.1) is 0 Å². The first kappa shape index (κ1) is 15.8. The lowest BCUT2D eigenvalue weighted by molar-refractivity contribution is -0.116. The third-order valence-electron chi connectivity index (χ3n) is 5.12. The zero-order chi connectivity index (χ0) is 17.8. The largest absolute Gasteiger partial charge is 0.329 e. The Morgan fingerprint density at radius 3 is 2.88 bits per heavy atom. The third-order valence-corrected chi connectivity index (χ3v) is 5.96. The molecule has 1 aliphatic heterocycles. The number of carbonyl (C=O) groups excluding carboxylic acids is 1. The van der Waals surface area contributed by atoms with E-state index in [9.17, 15) is 9.18 Å². The molecule has 0 saturated carbocycles. The average molecular weight is 412 g/mol. The highest BCUT2D eigenvalue weighted by atomic mass is 79.9. The van der Waals surface area contributed by atoms with Crippen molar-refractivity contribution in [2.45, 2.75) is 25.3 Å². The molecular formula is C20H15BrFN3O. The van der Waals surface area contributed by atoms with Gasteiger partial charge < -0.3 is 5.32 Å². The molecule has 0 saturated heterocycles. The maximum Gasteiger partial charge on any atom is 0.209 e. The second-order valence-electron chi connectivity index (χ2n) is 6.63. The van der Waals surface area contributed by atoms with Gasteiger partial charge in [-0.05, 0) is 52.5 Å². The maximum absolute atomic E-state index is 14.3. The number of Topliss-reactive ketones (excluding diaryl/α,β-unsaturated/α-hetero) is 1. The van der Waals surface area contributed by atoms with Crippen molar-refractivity contribution in [2.24, 2.45) is 0 Å². The summed E-state index contributed by atoms with van der Waals surface area (Å²) in [5, 5.41) is 3.35. The van der Waals surface area contributed by atoms with Crippen LogP contribution in [-0.4, -0.2) is 15.3 Å². The molecule has 2 aliphatic rings. The summed E-state index contributed by atoms with van der Waals surface area (Å²) in [7, 11) is 0. The quantitative estimate of drug-likeness (QED) is 0.615. The fraction of sp³-hybridized carbons (Fsp3) is 0.200. The fourth-order valence-corrected chi connectivity index (χ4v) is 4.48. The minimum Gasteiger partial charge on any atom is -0.329 e. The van der Waals surface area contributed by atoms with E-state index in [-0.39, 0.29) is 11.6 Å². The predicted molar refractivity (Wildman–Crippen MR) is 101 cm³/mol. The number of anilines is 1. The van der Waals surface area contributed by atoms with Crippen LogP contribution < -0.4 is 5.32 Å². The Bertz CT molecular complexity index is 1100. The lowest BCUT2D eigenvalue weighted by atomic mass is 9.85. The summed E-state index contributed by atoms with van der Waals surface area (Å²) in [6.45, 7) is 0. The Kier molecular flexibility index (Phi) is 3.50. The number of hydrogen-bond donors (Lipinski definition) is 1. The van der Waals surface area contributed by atoms with Gasteiger partial charge in [0.05, 0.1) is 21.5 Å². The molecule has 5 rings (SSSR count). The summed E-state index contributed by atoms with van der Waals surface area (Å²) >= 11 is 3.39. The van der Waals surface area contributed by atoms with E-state index in [2.05, 4.69) is 21.2 Å². The van der Waals surface area contributed by atoms with Crippen LogP contribution in [0, 0.1) is 5.82 Å². The molecule has 1 aromatic heterocycles. The van der Waals surface area contributed by atoms with Gasteiger partial charge in [-0.1, -0.05) is 24.3 Å². The molecule has 0 spiro atoms. The Hall–Kier alpha value is -2.47. The molecule has 4 nitrogen and oxygen atoms in total. The van der Waals surface area contributed by atoms with Crippen LogP contribution in [-0.2, 0) is 4.79 Å². The SMILES string of the molecule is O=C1CCCC2=C1[C@H](c1cccc(F)c1Br)n1c(nc3ccccc31)N2. The average Bonchev–Trinajstić information content (AvgIpc) is 3.01. The number of carbonyl (C=O) groups is 1. The lowest BCUT2D eigenvalue weighted by Gasteiger charge is -2.34. The van der Waals surface area contributed by atoms with Gasteiger partial charge in [0.25, 0.3) is 0 Å². The minimum atomic E-state index is -0.397. The Balaban J connectivity index is 1.85. The first-order valence-electron chi connectivity index (χ1n) is 8.59. The van der Waals surface area contributed by atoms with E-state index >= 15 is 0 Å². The summed E-state index contributed by atoms with van der Waals surface area (Å²) in [6.07, 6.45) is 2.14. The number of imidazole rings is 1. The summed E-state index contributed by atoms with van der Waals surface area (Å²) in [4.78, 5) is 17.5. The second kappa shape index (κ2) is 5.77. The van der Waals surface area contributed by atoms with Gasteiger partial charge in [0, 0.05) is 17.7 Å². The van der Waals surface area contributed by atoms with Crippen LogP contribution in [0.4, 0.5) is 10.3 Å². The topological polar surface area (TPSA) is 46.9 Å². The van der Waals surface area contributed by atoms with E-state index in [1.54, 1.807) is 6.07 Å². The molecule has 26 heavy (non-hydrogen) atoms. The molecule has 2 heterocycles. The van der Waals surface area contributed by atoms with Crippen molar-refractivity contribution in [3.05, 3.63) is 69.6 Å². The summed E-state index contributed by atoms with van der Waals surface area (Å²) in [5.74, 6) is 0.474. The molecule has 1 atom stereocenters. The molecule has 0 bridgehead atoms. The van der Waals surface area contributed by atoms with Gasteiger partial charge in [0.15, 0.2) is 5.78 Å². The van der Waals surface area contributed by atoms with Gasteiger partial charge in [0.1, 0.15) is 5.82 Å². The molecule has 130 valence electrons. The number of benzene rings is 2. The van der Waals surface area contributed by atoms with Crippen LogP contribution in [0.3, 0.4) is 0 Å². The number of nitrogens with zero attached hydrogens (tertiary/aromatic N) is 2. The number of allylic oxidation sites excluding steroid dienone is 2. The zero-order valence-electron chi connectivity index (χ0n) is 13.8. The smallest absolute Gasteiger partial charge is 0.209 e. The van der Waals surface area contributed by atoms with Crippen molar-refractivity contribution in [3.63, 3.8) is 0 Å². The van der Waals surface area contributed by atoms with Crippen LogP contribution in [0.25, 0.3) is 11.0 Å². The Morgan fingerprint density at radius 2 is 2.00 bits per heavy atom. The first-order valence-corrected chi connectivity index (χ1v) is 9.38. The van der Waals surface area contributed by atoms with Crippen LogP contribution in [0.5, 0.6) is 0 Å². The van der Waals surface area contributed by atoms with Crippen molar-refractivity contribution in [1.29, 1.82) is 0 Å². The number of hydrogen-bond acceptors (Lipinski definition) is 3. The van der Waals surface area contributed by atoms with E-state index in [4.69, 9.17) is 4.98 Å². The van der Waals surface area contributed by atoms with Crippen molar-refractivity contribution < 1.29 is 9.18 Å². The van der Waals surface area contributed by atoms with E-state index < -0.39 is 6.04 Å². The number of nitrogens with one attached hydrogen (secondary N) is 1. The Morgan fingerprint density at radius 1 is 1.15 bits per heavy atom.